The van der Waals surface area contributed by atoms with Gasteiger partial charge in [0.25, 0.3) is 10.0 Å². The molecular formula is C24H27N5O5S. The van der Waals surface area contributed by atoms with E-state index in [1.165, 1.54) is 20.6 Å². The summed E-state index contributed by atoms with van der Waals surface area (Å²) < 4.78 is 47.7. The third-order valence-corrected chi connectivity index (χ3v) is 7.47. The van der Waals surface area contributed by atoms with Crippen molar-refractivity contribution >= 4 is 32.5 Å². The Labute approximate surface area is 203 Å². The molecule has 1 N–H and O–H groups in total. The maximum Gasteiger partial charge on any atom is 0.266 e. The fourth-order valence-corrected chi connectivity index (χ4v) is 5.60. The van der Waals surface area contributed by atoms with Crippen molar-refractivity contribution < 1.29 is 22.4 Å². The van der Waals surface area contributed by atoms with Gasteiger partial charge in [0.1, 0.15) is 21.8 Å². The zero-order valence-corrected chi connectivity index (χ0v) is 20.4. The number of sulfonamides is 1. The highest BCUT2D eigenvalue weighted by Crippen LogP contribution is 2.37. The second-order valence-electron chi connectivity index (χ2n) is 8.39. The molecule has 0 amide bonds. The number of aromatic nitrogens is 3. The van der Waals surface area contributed by atoms with Crippen LogP contribution < -0.4 is 19.1 Å². The summed E-state index contributed by atoms with van der Waals surface area (Å²) in [4.78, 5) is 2.23. The number of anilines is 2. The van der Waals surface area contributed by atoms with Gasteiger partial charge in [0.15, 0.2) is 11.4 Å². The van der Waals surface area contributed by atoms with Crippen molar-refractivity contribution in [2.75, 3.05) is 36.9 Å². The van der Waals surface area contributed by atoms with Crippen LogP contribution in [0.15, 0.2) is 58.2 Å². The molecule has 5 rings (SSSR count). The van der Waals surface area contributed by atoms with Crippen LogP contribution >= 0.6 is 0 Å². The lowest BCUT2D eigenvalue weighted by molar-refractivity contribution is 0.402. The molecule has 0 atom stereocenters. The summed E-state index contributed by atoms with van der Waals surface area (Å²) >= 11 is 0. The third kappa shape index (κ3) is 4.63. The fraction of sp³-hybridized carbons (Fsp3) is 0.333. The molecule has 0 unspecified atom stereocenters. The molecule has 4 aromatic rings. The van der Waals surface area contributed by atoms with Gasteiger partial charge in [0, 0.05) is 31.2 Å². The van der Waals surface area contributed by atoms with Gasteiger partial charge in [-0.15, -0.1) is 0 Å². The first-order valence-corrected chi connectivity index (χ1v) is 12.9. The van der Waals surface area contributed by atoms with Gasteiger partial charge in [-0.3, -0.25) is 9.40 Å². The van der Waals surface area contributed by atoms with Gasteiger partial charge in [-0.05, 0) is 61.2 Å². The van der Waals surface area contributed by atoms with Crippen LogP contribution in [-0.4, -0.2) is 50.7 Å². The molecule has 0 aliphatic carbocycles. The summed E-state index contributed by atoms with van der Waals surface area (Å²) in [6, 6.07) is 10.7. The van der Waals surface area contributed by atoms with E-state index in [0.29, 0.717) is 23.3 Å². The van der Waals surface area contributed by atoms with Gasteiger partial charge in [0.05, 0.1) is 20.8 Å². The molecule has 0 radical (unpaired) electrons. The van der Waals surface area contributed by atoms with Crippen molar-refractivity contribution in [3.8, 4) is 11.5 Å². The predicted molar refractivity (Wildman–Crippen MR) is 132 cm³/mol. The molecule has 1 fully saturated rings. The Bertz CT molecular complexity index is 1430. The lowest BCUT2D eigenvalue weighted by Gasteiger charge is -2.29. The van der Waals surface area contributed by atoms with Crippen molar-refractivity contribution in [1.29, 1.82) is 0 Å². The highest BCUT2D eigenvalue weighted by Gasteiger charge is 2.26. The molecule has 2 aromatic heterocycles. The summed E-state index contributed by atoms with van der Waals surface area (Å²) in [5, 5.41) is 8.65. The molecule has 10 nitrogen and oxygen atoms in total. The van der Waals surface area contributed by atoms with Crippen molar-refractivity contribution in [2.45, 2.75) is 30.7 Å². The molecule has 0 bridgehead atoms. The number of fused-ring (bicyclic) bond motifs is 1. The maximum atomic E-state index is 13.5. The minimum atomic E-state index is -4.05. The van der Waals surface area contributed by atoms with Crippen molar-refractivity contribution in [3.63, 3.8) is 0 Å². The molecule has 0 saturated carbocycles. The standard InChI is InChI=1S/C24H27N5O5S/c1-32-19-8-7-18(28-10-4-3-5-11-28)15-22(19)35(30,31)27-24-23-20(33-2)13-17(14-21(23)34-26-24)16-29-12-6-9-25-29/h6-9,12-15H,3-5,10-11,16H2,1-2H3,(H,26,27). The Hall–Kier alpha value is -3.73. The van der Waals surface area contributed by atoms with E-state index >= 15 is 0 Å². The number of hydrogen-bond donors (Lipinski definition) is 1. The summed E-state index contributed by atoms with van der Waals surface area (Å²) in [5.74, 6) is 0.741. The number of nitrogens with one attached hydrogen (secondary N) is 1. The first-order chi connectivity index (χ1) is 17.0. The molecule has 1 saturated heterocycles. The van der Waals surface area contributed by atoms with E-state index in [-0.39, 0.29) is 16.5 Å². The number of piperidine rings is 1. The number of nitrogens with zero attached hydrogens (tertiary/aromatic N) is 4. The highest BCUT2D eigenvalue weighted by atomic mass is 32.2. The minimum absolute atomic E-state index is 0.0356. The quantitative estimate of drug-likeness (QED) is 0.390. The molecule has 3 heterocycles. The van der Waals surface area contributed by atoms with Crippen LogP contribution in [0.2, 0.25) is 0 Å². The number of benzene rings is 2. The summed E-state index contributed by atoms with van der Waals surface area (Å²) in [5.41, 5.74) is 2.12. The SMILES string of the molecule is COc1ccc(N2CCCCC2)cc1S(=O)(=O)Nc1noc2cc(Cn3cccn3)cc(OC)c12. The van der Waals surface area contributed by atoms with E-state index in [1.807, 2.05) is 24.4 Å². The summed E-state index contributed by atoms with van der Waals surface area (Å²) in [7, 11) is -1.08. The lowest BCUT2D eigenvalue weighted by Crippen LogP contribution is -2.29. The zero-order chi connectivity index (χ0) is 24.4. The van der Waals surface area contributed by atoms with Crippen LogP contribution in [0.3, 0.4) is 0 Å². The van der Waals surface area contributed by atoms with Crippen LogP contribution in [-0.2, 0) is 16.6 Å². The maximum absolute atomic E-state index is 13.5. The van der Waals surface area contributed by atoms with E-state index in [0.717, 1.165) is 37.2 Å². The Morgan fingerprint density at radius 3 is 2.57 bits per heavy atom. The van der Waals surface area contributed by atoms with Crippen molar-refractivity contribution in [1.82, 2.24) is 14.9 Å². The van der Waals surface area contributed by atoms with Gasteiger partial charge < -0.3 is 18.9 Å². The summed E-state index contributed by atoms with van der Waals surface area (Å²) in [6.45, 7) is 2.29. The molecular weight excluding hydrogens is 470 g/mol. The Morgan fingerprint density at radius 1 is 1.06 bits per heavy atom. The van der Waals surface area contributed by atoms with Crippen LogP contribution in [0, 0.1) is 0 Å². The third-order valence-electron chi connectivity index (χ3n) is 6.11. The highest BCUT2D eigenvalue weighted by molar-refractivity contribution is 7.92. The Balaban J connectivity index is 1.49. The Morgan fingerprint density at radius 2 is 1.86 bits per heavy atom. The Kier molecular flexibility index (Phi) is 6.25. The molecule has 1 aliphatic rings. The second-order valence-corrected chi connectivity index (χ2v) is 10.0. The average molecular weight is 498 g/mol. The fourth-order valence-electron chi connectivity index (χ4n) is 4.40. The molecule has 1 aliphatic heterocycles. The number of methoxy groups -OCH3 is 2. The smallest absolute Gasteiger partial charge is 0.266 e. The largest absolute Gasteiger partial charge is 0.496 e. The number of rotatable bonds is 8. The topological polar surface area (TPSA) is 112 Å². The molecule has 35 heavy (non-hydrogen) atoms. The monoisotopic (exact) mass is 497 g/mol. The molecule has 0 spiro atoms. The number of ether oxygens (including phenoxy) is 2. The predicted octanol–water partition coefficient (Wildman–Crippen LogP) is 3.88. The zero-order valence-electron chi connectivity index (χ0n) is 19.6. The van der Waals surface area contributed by atoms with Gasteiger partial charge in [-0.25, -0.2) is 8.42 Å². The molecule has 11 heteroatoms. The summed E-state index contributed by atoms with van der Waals surface area (Å²) in [6.07, 6.45) is 6.90. The van der Waals surface area contributed by atoms with E-state index in [9.17, 15) is 8.42 Å². The normalized spacial score (nSPS) is 14.3. The van der Waals surface area contributed by atoms with E-state index in [4.69, 9.17) is 14.0 Å². The average Bonchev–Trinajstić information content (AvgIpc) is 3.53. The van der Waals surface area contributed by atoms with Crippen molar-refractivity contribution in [3.05, 3.63) is 54.4 Å². The van der Waals surface area contributed by atoms with Gasteiger partial charge in [0.2, 0.25) is 0 Å². The van der Waals surface area contributed by atoms with Crippen LogP contribution in [0.1, 0.15) is 24.8 Å². The number of hydrogen-bond acceptors (Lipinski definition) is 8. The molecule has 2 aromatic carbocycles. The van der Waals surface area contributed by atoms with Crippen molar-refractivity contribution in [2.24, 2.45) is 0 Å². The van der Waals surface area contributed by atoms with Crippen LogP contribution in [0.25, 0.3) is 11.0 Å². The van der Waals surface area contributed by atoms with Crippen LogP contribution in [0.5, 0.6) is 11.5 Å². The van der Waals surface area contributed by atoms with E-state index < -0.39 is 10.0 Å². The lowest BCUT2D eigenvalue weighted by atomic mass is 10.1. The second kappa shape index (κ2) is 9.49. The first kappa shape index (κ1) is 23.0. The van der Waals surface area contributed by atoms with Gasteiger partial charge >= 0.3 is 0 Å². The van der Waals surface area contributed by atoms with Crippen LogP contribution in [0.4, 0.5) is 11.5 Å². The van der Waals surface area contributed by atoms with Gasteiger partial charge in [-0.1, -0.05) is 5.16 Å². The first-order valence-electron chi connectivity index (χ1n) is 11.4. The molecule has 184 valence electrons. The van der Waals surface area contributed by atoms with Gasteiger partial charge in [-0.2, -0.15) is 5.10 Å². The van der Waals surface area contributed by atoms with E-state index in [1.54, 1.807) is 29.1 Å². The minimum Gasteiger partial charge on any atom is -0.496 e. The van der Waals surface area contributed by atoms with E-state index in [2.05, 4.69) is 19.9 Å².